The summed E-state index contributed by atoms with van der Waals surface area (Å²) in [5, 5.41) is 0.864. The number of ether oxygens (including phenoxy) is 1. The first-order valence-corrected chi connectivity index (χ1v) is 6.00. The Labute approximate surface area is 107 Å². The molecule has 0 aromatic carbocycles. The van der Waals surface area contributed by atoms with Crippen LogP contribution in [0.2, 0.25) is 0 Å². The third kappa shape index (κ3) is 2.29. The maximum absolute atomic E-state index is 11.7. The third-order valence-corrected chi connectivity index (χ3v) is 3.18. The smallest absolute Gasteiger partial charge is 0.340 e. The summed E-state index contributed by atoms with van der Waals surface area (Å²) in [5.74, 6) is -0.372. The minimum atomic E-state index is -0.372. The van der Waals surface area contributed by atoms with Crippen LogP contribution in [0.15, 0.2) is 22.9 Å². The minimum absolute atomic E-state index is 0.346. The van der Waals surface area contributed by atoms with Crippen molar-refractivity contribution in [3.05, 3.63) is 34.2 Å². The molecule has 0 aliphatic rings. The standard InChI is InChI=1S/C12H11BrN2O2/c1-3-17-12(16)9-5-15-10-6-14-7(2)4-8(10)11(9)13/h4-6H,3H2,1-2H3. The fraction of sp³-hybridized carbons (Fsp3) is 0.250. The summed E-state index contributed by atoms with van der Waals surface area (Å²) in [6.45, 7) is 4.01. The Hall–Kier alpha value is -1.49. The van der Waals surface area contributed by atoms with Gasteiger partial charge in [-0.25, -0.2) is 4.79 Å². The van der Waals surface area contributed by atoms with Crippen LogP contribution in [0.1, 0.15) is 23.0 Å². The summed E-state index contributed by atoms with van der Waals surface area (Å²) >= 11 is 3.42. The van der Waals surface area contributed by atoms with E-state index in [1.54, 1.807) is 13.1 Å². The Morgan fingerprint density at radius 1 is 1.41 bits per heavy atom. The predicted octanol–water partition coefficient (Wildman–Crippen LogP) is 2.88. The number of esters is 1. The van der Waals surface area contributed by atoms with Crippen molar-refractivity contribution in [2.45, 2.75) is 13.8 Å². The van der Waals surface area contributed by atoms with Gasteiger partial charge in [0.25, 0.3) is 0 Å². The molecule has 2 heterocycles. The van der Waals surface area contributed by atoms with Crippen LogP contribution < -0.4 is 0 Å². The highest BCUT2D eigenvalue weighted by molar-refractivity contribution is 9.10. The van der Waals surface area contributed by atoms with E-state index in [0.29, 0.717) is 16.6 Å². The molecule has 0 N–H and O–H groups in total. The Morgan fingerprint density at radius 2 is 2.18 bits per heavy atom. The molecule has 4 nitrogen and oxygen atoms in total. The number of pyridine rings is 2. The number of aryl methyl sites for hydroxylation is 1. The molecule has 0 aliphatic carbocycles. The fourth-order valence-corrected chi connectivity index (χ4v) is 2.10. The first-order chi connectivity index (χ1) is 8.13. The van der Waals surface area contributed by atoms with Crippen molar-refractivity contribution in [1.82, 2.24) is 9.97 Å². The first kappa shape index (κ1) is 12.0. The molecule has 0 saturated carbocycles. The van der Waals surface area contributed by atoms with E-state index in [9.17, 15) is 4.79 Å². The normalized spacial score (nSPS) is 10.5. The molecule has 5 heteroatoms. The SMILES string of the molecule is CCOC(=O)c1cnc2cnc(C)cc2c1Br. The lowest BCUT2D eigenvalue weighted by Gasteiger charge is -2.06. The third-order valence-electron chi connectivity index (χ3n) is 2.32. The maximum Gasteiger partial charge on any atom is 0.340 e. The van der Waals surface area contributed by atoms with Gasteiger partial charge in [-0.05, 0) is 35.8 Å². The van der Waals surface area contributed by atoms with Crippen LogP contribution in [0.25, 0.3) is 10.9 Å². The number of fused-ring (bicyclic) bond motifs is 1. The molecule has 2 rings (SSSR count). The lowest BCUT2D eigenvalue weighted by Crippen LogP contribution is -2.06. The number of rotatable bonds is 2. The molecule has 0 atom stereocenters. The topological polar surface area (TPSA) is 52.1 Å². The van der Waals surface area contributed by atoms with Gasteiger partial charge in [-0.3, -0.25) is 9.97 Å². The number of nitrogens with zero attached hydrogens (tertiary/aromatic N) is 2. The van der Waals surface area contributed by atoms with Gasteiger partial charge in [0.1, 0.15) is 0 Å². The van der Waals surface area contributed by atoms with E-state index in [1.807, 2.05) is 13.0 Å². The highest BCUT2D eigenvalue weighted by atomic mass is 79.9. The largest absolute Gasteiger partial charge is 0.462 e. The number of aromatic nitrogens is 2. The minimum Gasteiger partial charge on any atom is -0.462 e. The number of halogens is 1. The molecule has 0 amide bonds. The second kappa shape index (κ2) is 4.79. The molecule has 0 fully saturated rings. The summed E-state index contributed by atoms with van der Waals surface area (Å²) in [5.41, 5.74) is 2.06. The predicted molar refractivity (Wildman–Crippen MR) is 67.9 cm³/mol. The van der Waals surface area contributed by atoms with E-state index in [2.05, 4.69) is 25.9 Å². The van der Waals surface area contributed by atoms with Crippen LogP contribution in [-0.2, 0) is 4.74 Å². The summed E-state index contributed by atoms with van der Waals surface area (Å²) in [7, 11) is 0. The molecular weight excluding hydrogens is 284 g/mol. The average Bonchev–Trinajstić information content (AvgIpc) is 2.30. The maximum atomic E-state index is 11.7. The van der Waals surface area contributed by atoms with Gasteiger partial charge in [0.05, 0.1) is 23.9 Å². The average molecular weight is 295 g/mol. The molecule has 88 valence electrons. The van der Waals surface area contributed by atoms with Crippen LogP contribution in [0.3, 0.4) is 0 Å². The van der Waals surface area contributed by atoms with Crippen LogP contribution in [0.5, 0.6) is 0 Å². The zero-order valence-corrected chi connectivity index (χ0v) is 11.1. The molecule has 2 aromatic heterocycles. The van der Waals surface area contributed by atoms with E-state index >= 15 is 0 Å². The Bertz CT molecular complexity index is 584. The summed E-state index contributed by atoms with van der Waals surface area (Å²) in [4.78, 5) is 20.0. The van der Waals surface area contributed by atoms with Crippen molar-refractivity contribution in [3.63, 3.8) is 0 Å². The van der Waals surface area contributed by atoms with Gasteiger partial charge in [-0.2, -0.15) is 0 Å². The second-order valence-electron chi connectivity index (χ2n) is 3.55. The summed E-state index contributed by atoms with van der Waals surface area (Å²) in [6, 6.07) is 1.88. The number of hydrogen-bond acceptors (Lipinski definition) is 4. The van der Waals surface area contributed by atoms with Crippen molar-refractivity contribution in [3.8, 4) is 0 Å². The molecule has 0 bridgehead atoms. The number of hydrogen-bond donors (Lipinski definition) is 0. The van der Waals surface area contributed by atoms with Crippen LogP contribution in [-0.4, -0.2) is 22.5 Å². The van der Waals surface area contributed by atoms with Gasteiger partial charge in [-0.15, -0.1) is 0 Å². The van der Waals surface area contributed by atoms with Gasteiger partial charge < -0.3 is 4.74 Å². The monoisotopic (exact) mass is 294 g/mol. The van der Waals surface area contributed by atoms with Crippen LogP contribution >= 0.6 is 15.9 Å². The van der Waals surface area contributed by atoms with Crippen molar-refractivity contribution in [2.24, 2.45) is 0 Å². The highest BCUT2D eigenvalue weighted by Crippen LogP contribution is 2.26. The zero-order chi connectivity index (χ0) is 12.4. The summed E-state index contributed by atoms with van der Waals surface area (Å²) in [6.07, 6.45) is 3.19. The Kier molecular flexibility index (Phi) is 3.38. The molecule has 0 aliphatic heterocycles. The van der Waals surface area contributed by atoms with Crippen LogP contribution in [0, 0.1) is 6.92 Å². The van der Waals surface area contributed by atoms with Gasteiger partial charge >= 0.3 is 5.97 Å². The van der Waals surface area contributed by atoms with E-state index in [4.69, 9.17) is 4.74 Å². The number of carbonyl (C=O) groups excluding carboxylic acids is 1. The molecule has 0 radical (unpaired) electrons. The van der Waals surface area contributed by atoms with Crippen molar-refractivity contribution >= 4 is 32.8 Å². The fourth-order valence-electron chi connectivity index (χ4n) is 1.52. The Morgan fingerprint density at radius 3 is 2.88 bits per heavy atom. The molecule has 0 spiro atoms. The van der Waals surface area contributed by atoms with Gasteiger partial charge in [-0.1, -0.05) is 0 Å². The number of carbonyl (C=O) groups is 1. The summed E-state index contributed by atoms with van der Waals surface area (Å²) < 4.78 is 5.66. The zero-order valence-electron chi connectivity index (χ0n) is 9.53. The highest BCUT2D eigenvalue weighted by Gasteiger charge is 2.14. The molecule has 0 saturated heterocycles. The van der Waals surface area contributed by atoms with Gasteiger partial charge in [0.15, 0.2) is 0 Å². The van der Waals surface area contributed by atoms with E-state index in [1.165, 1.54) is 6.20 Å². The second-order valence-corrected chi connectivity index (χ2v) is 4.34. The molecular formula is C12H11BrN2O2. The van der Waals surface area contributed by atoms with E-state index in [0.717, 1.165) is 16.6 Å². The molecule has 0 unspecified atom stereocenters. The lowest BCUT2D eigenvalue weighted by molar-refractivity contribution is 0.0525. The first-order valence-electron chi connectivity index (χ1n) is 5.21. The lowest BCUT2D eigenvalue weighted by atomic mass is 10.2. The van der Waals surface area contributed by atoms with E-state index in [-0.39, 0.29) is 5.97 Å². The van der Waals surface area contributed by atoms with Crippen molar-refractivity contribution < 1.29 is 9.53 Å². The quantitative estimate of drug-likeness (QED) is 0.799. The van der Waals surface area contributed by atoms with Gasteiger partial charge in [0.2, 0.25) is 0 Å². The van der Waals surface area contributed by atoms with E-state index < -0.39 is 0 Å². The molecule has 17 heavy (non-hydrogen) atoms. The van der Waals surface area contributed by atoms with Crippen LogP contribution in [0.4, 0.5) is 0 Å². The van der Waals surface area contributed by atoms with Gasteiger partial charge in [0, 0.05) is 21.7 Å². The van der Waals surface area contributed by atoms with Crippen molar-refractivity contribution in [1.29, 1.82) is 0 Å². The Balaban J connectivity index is 2.60. The van der Waals surface area contributed by atoms with Crippen molar-refractivity contribution in [2.75, 3.05) is 6.61 Å². The molecule has 2 aromatic rings.